The van der Waals surface area contributed by atoms with Crippen molar-refractivity contribution >= 4 is 17.8 Å². The molecule has 2 aromatic rings. The molecule has 0 spiro atoms. The molecule has 0 unspecified atom stereocenters. The third-order valence-corrected chi connectivity index (χ3v) is 3.14. The highest BCUT2D eigenvalue weighted by atomic mass is 19.4. The van der Waals surface area contributed by atoms with Gasteiger partial charge in [-0.2, -0.15) is 13.2 Å². The normalized spacial score (nSPS) is 11.0. The molecule has 2 nitrogen and oxygen atoms in total. The molecule has 5 heteroatoms. The van der Waals surface area contributed by atoms with Crippen LogP contribution in [0.4, 0.5) is 18.9 Å². The molecule has 22 heavy (non-hydrogen) atoms. The summed E-state index contributed by atoms with van der Waals surface area (Å²) in [5.41, 5.74) is 2.44. The predicted octanol–water partition coefficient (Wildman–Crippen LogP) is 5.00. The van der Waals surface area contributed by atoms with Crippen molar-refractivity contribution in [2.45, 2.75) is 12.7 Å². The second-order valence-electron chi connectivity index (χ2n) is 4.65. The van der Waals surface area contributed by atoms with Gasteiger partial charge in [0.15, 0.2) is 0 Å². The van der Waals surface area contributed by atoms with Gasteiger partial charge in [0, 0.05) is 12.1 Å². The van der Waals surface area contributed by atoms with Gasteiger partial charge in [0.25, 0.3) is 0 Å². The maximum absolute atomic E-state index is 12.5. The fourth-order valence-electron chi connectivity index (χ4n) is 1.94. The number of hydrogen-bond acceptors (Lipinski definition) is 2. The van der Waals surface area contributed by atoms with Crippen LogP contribution < -0.4 is 5.32 Å². The van der Waals surface area contributed by atoms with Crippen molar-refractivity contribution in [3.8, 4) is 0 Å². The smallest absolute Gasteiger partial charge is 0.380 e. The third-order valence-electron chi connectivity index (χ3n) is 3.14. The first-order chi connectivity index (χ1) is 10.4. The zero-order chi connectivity index (χ0) is 16.2. The minimum Gasteiger partial charge on any atom is -0.380 e. The van der Waals surface area contributed by atoms with Crippen LogP contribution in [0.5, 0.6) is 0 Å². The van der Waals surface area contributed by atoms with Crippen LogP contribution >= 0.6 is 0 Å². The number of benzene rings is 1. The summed E-state index contributed by atoms with van der Waals surface area (Å²) in [5.74, 6) is 0. The Balaban J connectivity index is 2.07. The van der Waals surface area contributed by atoms with Gasteiger partial charge in [0.2, 0.25) is 0 Å². The molecule has 0 amide bonds. The summed E-state index contributed by atoms with van der Waals surface area (Å²) >= 11 is 0. The van der Waals surface area contributed by atoms with E-state index in [1.54, 1.807) is 18.3 Å². The average molecular weight is 304 g/mol. The van der Waals surface area contributed by atoms with Crippen molar-refractivity contribution < 1.29 is 13.2 Å². The van der Waals surface area contributed by atoms with E-state index in [2.05, 4.69) is 23.5 Å². The summed E-state index contributed by atoms with van der Waals surface area (Å²) in [5, 5.41) is 3.12. The molecule has 1 aromatic carbocycles. The summed E-state index contributed by atoms with van der Waals surface area (Å²) in [7, 11) is 0. The highest BCUT2D eigenvalue weighted by molar-refractivity contribution is 5.64. The molecule has 114 valence electrons. The lowest BCUT2D eigenvalue weighted by Gasteiger charge is -2.10. The van der Waals surface area contributed by atoms with E-state index in [0.717, 1.165) is 34.6 Å². The zero-order valence-electron chi connectivity index (χ0n) is 11.8. The van der Waals surface area contributed by atoms with Gasteiger partial charge in [0.05, 0.1) is 23.1 Å². The molecule has 1 heterocycles. The van der Waals surface area contributed by atoms with Gasteiger partial charge in [-0.25, -0.2) is 0 Å². The van der Waals surface area contributed by atoms with Crippen molar-refractivity contribution in [2.24, 2.45) is 0 Å². The molecule has 0 radical (unpaired) electrons. The number of alkyl halides is 3. The zero-order valence-corrected chi connectivity index (χ0v) is 11.8. The Bertz CT molecular complexity index is 673. The largest absolute Gasteiger partial charge is 0.416 e. The average Bonchev–Trinajstić information content (AvgIpc) is 2.52. The van der Waals surface area contributed by atoms with Crippen LogP contribution in [0.2, 0.25) is 0 Å². The first kappa shape index (κ1) is 15.8. The summed E-state index contributed by atoms with van der Waals surface area (Å²) in [6, 6.07) is 6.92. The number of rotatable bonds is 5. The highest BCUT2D eigenvalue weighted by Gasteiger charge is 2.29. The first-order valence-electron chi connectivity index (χ1n) is 6.59. The quantitative estimate of drug-likeness (QED) is 0.841. The number of pyridine rings is 1. The lowest BCUT2D eigenvalue weighted by atomic mass is 10.1. The maximum atomic E-state index is 12.5. The van der Waals surface area contributed by atoms with Crippen LogP contribution in [0.15, 0.2) is 49.7 Å². The third kappa shape index (κ3) is 3.75. The van der Waals surface area contributed by atoms with E-state index in [4.69, 9.17) is 0 Å². The van der Waals surface area contributed by atoms with Crippen molar-refractivity contribution in [3.05, 3.63) is 72.1 Å². The summed E-state index contributed by atoms with van der Waals surface area (Å²) in [6.45, 7) is 7.78. The van der Waals surface area contributed by atoms with Crippen molar-refractivity contribution in [2.75, 3.05) is 5.32 Å². The molecule has 0 saturated heterocycles. The van der Waals surface area contributed by atoms with Crippen molar-refractivity contribution in [3.63, 3.8) is 0 Å². The molecule has 1 aromatic heterocycles. The molecule has 0 bridgehead atoms. The SMILES string of the molecule is C=Cc1cc(NCc2ccc(C(F)(F)F)cc2)cnc1C=C. The molecular weight excluding hydrogens is 289 g/mol. The molecule has 0 aliphatic heterocycles. The van der Waals surface area contributed by atoms with Crippen LogP contribution in [0.1, 0.15) is 22.4 Å². The van der Waals surface area contributed by atoms with E-state index >= 15 is 0 Å². The Morgan fingerprint density at radius 2 is 1.77 bits per heavy atom. The fraction of sp³-hybridized carbons (Fsp3) is 0.118. The number of anilines is 1. The lowest BCUT2D eigenvalue weighted by Crippen LogP contribution is -2.06. The van der Waals surface area contributed by atoms with Crippen LogP contribution in [0, 0.1) is 0 Å². The van der Waals surface area contributed by atoms with Gasteiger partial charge in [-0.15, -0.1) is 0 Å². The topological polar surface area (TPSA) is 24.9 Å². The molecule has 0 saturated carbocycles. The number of hydrogen-bond donors (Lipinski definition) is 1. The van der Waals surface area contributed by atoms with Gasteiger partial charge in [-0.3, -0.25) is 4.98 Å². The fourth-order valence-corrected chi connectivity index (χ4v) is 1.94. The molecular formula is C17H15F3N2. The second kappa shape index (κ2) is 6.47. The Labute approximate surface area is 127 Å². The number of aromatic nitrogens is 1. The van der Waals surface area contributed by atoms with Gasteiger partial charge in [-0.05, 0) is 29.8 Å². The molecule has 0 aliphatic carbocycles. The number of nitrogens with one attached hydrogen (secondary N) is 1. The highest BCUT2D eigenvalue weighted by Crippen LogP contribution is 2.29. The van der Waals surface area contributed by atoms with Crippen LogP contribution in [-0.4, -0.2) is 4.98 Å². The van der Waals surface area contributed by atoms with Gasteiger partial charge >= 0.3 is 6.18 Å². The van der Waals surface area contributed by atoms with Crippen LogP contribution in [0.3, 0.4) is 0 Å². The van der Waals surface area contributed by atoms with Gasteiger partial charge in [0.1, 0.15) is 0 Å². The lowest BCUT2D eigenvalue weighted by molar-refractivity contribution is -0.137. The minimum atomic E-state index is -4.31. The molecule has 0 atom stereocenters. The van der Waals surface area contributed by atoms with E-state index in [-0.39, 0.29) is 0 Å². The van der Waals surface area contributed by atoms with Crippen LogP contribution in [-0.2, 0) is 12.7 Å². The van der Waals surface area contributed by atoms with E-state index in [1.807, 2.05) is 6.07 Å². The number of halogens is 3. The van der Waals surface area contributed by atoms with Gasteiger partial charge in [-0.1, -0.05) is 31.4 Å². The molecule has 1 N–H and O–H groups in total. The maximum Gasteiger partial charge on any atom is 0.416 e. The summed E-state index contributed by atoms with van der Waals surface area (Å²) < 4.78 is 37.5. The first-order valence-corrected chi connectivity index (χ1v) is 6.59. The van der Waals surface area contributed by atoms with Crippen molar-refractivity contribution in [1.82, 2.24) is 4.98 Å². The monoisotopic (exact) mass is 304 g/mol. The summed E-state index contributed by atoms with van der Waals surface area (Å²) in [6.07, 6.45) is 0.646. The van der Waals surface area contributed by atoms with E-state index in [1.165, 1.54) is 12.1 Å². The van der Waals surface area contributed by atoms with E-state index in [9.17, 15) is 13.2 Å². The van der Waals surface area contributed by atoms with E-state index < -0.39 is 11.7 Å². The van der Waals surface area contributed by atoms with Crippen LogP contribution in [0.25, 0.3) is 12.2 Å². The Morgan fingerprint density at radius 1 is 1.09 bits per heavy atom. The molecule has 2 rings (SSSR count). The van der Waals surface area contributed by atoms with Gasteiger partial charge < -0.3 is 5.32 Å². The second-order valence-corrected chi connectivity index (χ2v) is 4.65. The Hall–Kier alpha value is -2.56. The molecule has 0 aliphatic rings. The minimum absolute atomic E-state index is 0.407. The summed E-state index contributed by atoms with van der Waals surface area (Å²) in [4.78, 5) is 4.23. The van der Waals surface area contributed by atoms with Crippen molar-refractivity contribution in [1.29, 1.82) is 0 Å². The Morgan fingerprint density at radius 3 is 2.32 bits per heavy atom. The Kier molecular flexibility index (Phi) is 4.65. The predicted molar refractivity (Wildman–Crippen MR) is 83.2 cm³/mol. The number of nitrogens with zero attached hydrogens (tertiary/aromatic N) is 1. The van der Waals surface area contributed by atoms with E-state index in [0.29, 0.717) is 6.54 Å². The molecule has 0 fully saturated rings. The standard InChI is InChI=1S/C17H15F3N2/c1-3-13-9-15(11-22-16(13)4-2)21-10-12-5-7-14(8-6-12)17(18,19)20/h3-9,11,21H,1-2,10H2.